The van der Waals surface area contributed by atoms with Crippen LogP contribution in [-0.2, 0) is 24.2 Å². The van der Waals surface area contributed by atoms with E-state index in [4.69, 9.17) is 16.1 Å². The Morgan fingerprint density at radius 3 is 2.88 bits per heavy atom. The number of aryl methyl sites for hydroxylation is 1. The zero-order valence-electron chi connectivity index (χ0n) is 14.0. The van der Waals surface area contributed by atoms with Crippen molar-refractivity contribution < 1.29 is 9.32 Å². The predicted molar refractivity (Wildman–Crippen MR) is 92.9 cm³/mol. The third kappa shape index (κ3) is 3.97. The van der Waals surface area contributed by atoms with Crippen LogP contribution >= 0.6 is 11.6 Å². The molecule has 0 radical (unpaired) electrons. The van der Waals surface area contributed by atoms with Crippen molar-refractivity contribution in [3.63, 3.8) is 0 Å². The number of likely N-dealkylation sites (N-methyl/N-ethyl adjacent to an activating group) is 2. The standard InChI is InChI=1S/C18H22ClN3O2/c1-21-11-14-6-4-3-5-13(14)9-15(21)12-22(2)18(23)8-7-16-10-17(19)20-24-16/h3-6,10,15H,7-9,11-12H2,1-2H3/t15-/m1/s1. The highest BCUT2D eigenvalue weighted by Gasteiger charge is 2.25. The molecule has 1 aliphatic heterocycles. The van der Waals surface area contributed by atoms with Gasteiger partial charge in [-0.05, 0) is 24.6 Å². The molecule has 24 heavy (non-hydrogen) atoms. The number of aromatic nitrogens is 1. The molecule has 0 unspecified atom stereocenters. The van der Waals surface area contributed by atoms with Gasteiger partial charge in [-0.15, -0.1) is 0 Å². The zero-order chi connectivity index (χ0) is 17.1. The highest BCUT2D eigenvalue weighted by Crippen LogP contribution is 2.22. The molecular formula is C18H22ClN3O2. The van der Waals surface area contributed by atoms with Crippen molar-refractivity contribution in [1.82, 2.24) is 15.0 Å². The van der Waals surface area contributed by atoms with Gasteiger partial charge >= 0.3 is 0 Å². The summed E-state index contributed by atoms with van der Waals surface area (Å²) in [4.78, 5) is 16.5. The van der Waals surface area contributed by atoms with Crippen molar-refractivity contribution in [3.05, 3.63) is 52.4 Å². The van der Waals surface area contributed by atoms with Crippen LogP contribution in [0.2, 0.25) is 5.15 Å². The first-order valence-electron chi connectivity index (χ1n) is 8.15. The summed E-state index contributed by atoms with van der Waals surface area (Å²) in [5.74, 6) is 0.750. The summed E-state index contributed by atoms with van der Waals surface area (Å²) in [6.07, 6.45) is 1.89. The average molecular weight is 348 g/mol. The first-order chi connectivity index (χ1) is 11.5. The fraction of sp³-hybridized carbons (Fsp3) is 0.444. The summed E-state index contributed by atoms with van der Waals surface area (Å²) < 4.78 is 5.04. The molecule has 5 nitrogen and oxygen atoms in total. The Hall–Kier alpha value is -1.85. The topological polar surface area (TPSA) is 49.6 Å². The Morgan fingerprint density at radius 2 is 2.17 bits per heavy atom. The van der Waals surface area contributed by atoms with Crippen molar-refractivity contribution in [3.8, 4) is 0 Å². The summed E-state index contributed by atoms with van der Waals surface area (Å²) >= 11 is 5.72. The maximum Gasteiger partial charge on any atom is 0.222 e. The largest absolute Gasteiger partial charge is 0.360 e. The molecule has 1 aliphatic rings. The number of carbonyl (C=O) groups excluding carboxylic acids is 1. The molecule has 2 aromatic rings. The molecule has 0 bridgehead atoms. The highest BCUT2D eigenvalue weighted by atomic mass is 35.5. The molecule has 0 N–H and O–H groups in total. The minimum absolute atomic E-state index is 0.106. The van der Waals surface area contributed by atoms with Crippen LogP contribution in [0, 0.1) is 0 Å². The van der Waals surface area contributed by atoms with Gasteiger partial charge in [0.2, 0.25) is 5.91 Å². The van der Waals surface area contributed by atoms with Crippen LogP contribution in [-0.4, -0.2) is 47.5 Å². The van der Waals surface area contributed by atoms with E-state index in [-0.39, 0.29) is 5.91 Å². The summed E-state index contributed by atoms with van der Waals surface area (Å²) in [7, 11) is 3.99. The van der Waals surface area contributed by atoms with Gasteiger partial charge in [0.25, 0.3) is 0 Å². The second-order valence-electron chi connectivity index (χ2n) is 6.43. The number of amides is 1. The third-order valence-electron chi connectivity index (χ3n) is 4.64. The number of carbonyl (C=O) groups is 1. The summed E-state index contributed by atoms with van der Waals surface area (Å²) in [6, 6.07) is 10.5. The summed E-state index contributed by atoms with van der Waals surface area (Å²) in [5, 5.41) is 3.95. The first-order valence-corrected chi connectivity index (χ1v) is 8.53. The Morgan fingerprint density at radius 1 is 1.42 bits per heavy atom. The number of nitrogens with zero attached hydrogens (tertiary/aromatic N) is 3. The van der Waals surface area contributed by atoms with Crippen molar-refractivity contribution >= 4 is 17.5 Å². The molecule has 0 saturated carbocycles. The molecule has 1 amide bonds. The van der Waals surface area contributed by atoms with Crippen molar-refractivity contribution in [1.29, 1.82) is 0 Å². The second-order valence-corrected chi connectivity index (χ2v) is 6.82. The van der Waals surface area contributed by atoms with Crippen molar-refractivity contribution in [2.24, 2.45) is 0 Å². The minimum Gasteiger partial charge on any atom is -0.360 e. The fourth-order valence-corrected chi connectivity index (χ4v) is 3.32. The van der Waals surface area contributed by atoms with Gasteiger partial charge in [-0.2, -0.15) is 0 Å². The van der Waals surface area contributed by atoms with Gasteiger partial charge in [0.1, 0.15) is 5.76 Å². The van der Waals surface area contributed by atoms with Gasteiger partial charge in [0.15, 0.2) is 5.15 Å². The molecule has 1 aromatic heterocycles. The molecule has 0 saturated heterocycles. The lowest BCUT2D eigenvalue weighted by Crippen LogP contribution is -2.46. The number of hydrogen-bond acceptors (Lipinski definition) is 4. The lowest BCUT2D eigenvalue weighted by atomic mass is 9.94. The van der Waals surface area contributed by atoms with E-state index in [1.165, 1.54) is 11.1 Å². The SMILES string of the molecule is CN(C[C@H]1Cc2ccccc2CN1C)C(=O)CCc1cc(Cl)no1. The number of halogens is 1. The van der Waals surface area contributed by atoms with Crippen LogP contribution in [0.3, 0.4) is 0 Å². The van der Waals surface area contributed by atoms with E-state index in [0.717, 1.165) is 19.5 Å². The molecule has 1 aromatic carbocycles. The fourth-order valence-electron chi connectivity index (χ4n) is 3.17. The van der Waals surface area contributed by atoms with E-state index >= 15 is 0 Å². The number of rotatable bonds is 5. The lowest BCUT2D eigenvalue weighted by Gasteiger charge is -2.36. The van der Waals surface area contributed by atoms with Gasteiger partial charge in [-0.3, -0.25) is 9.69 Å². The second kappa shape index (κ2) is 7.36. The quantitative estimate of drug-likeness (QED) is 0.834. The Kier molecular flexibility index (Phi) is 5.21. The number of benzene rings is 1. The Labute approximate surface area is 147 Å². The van der Waals surface area contributed by atoms with Crippen LogP contribution in [0.5, 0.6) is 0 Å². The maximum absolute atomic E-state index is 12.4. The van der Waals surface area contributed by atoms with E-state index in [9.17, 15) is 4.79 Å². The molecule has 1 atom stereocenters. The molecule has 2 heterocycles. The van der Waals surface area contributed by atoms with Gasteiger partial charge < -0.3 is 9.42 Å². The first kappa shape index (κ1) is 17.0. The van der Waals surface area contributed by atoms with Crippen LogP contribution in [0.25, 0.3) is 0 Å². The zero-order valence-corrected chi connectivity index (χ0v) is 14.8. The van der Waals surface area contributed by atoms with Crippen LogP contribution in [0.15, 0.2) is 34.9 Å². The van der Waals surface area contributed by atoms with Gasteiger partial charge in [0.05, 0.1) is 0 Å². The molecule has 6 heteroatoms. The van der Waals surface area contributed by atoms with Gasteiger partial charge in [-0.1, -0.05) is 41.0 Å². The van der Waals surface area contributed by atoms with E-state index in [0.29, 0.717) is 29.8 Å². The van der Waals surface area contributed by atoms with Crippen molar-refractivity contribution in [2.75, 3.05) is 20.6 Å². The van der Waals surface area contributed by atoms with E-state index in [1.54, 1.807) is 6.07 Å². The lowest BCUT2D eigenvalue weighted by molar-refractivity contribution is -0.130. The highest BCUT2D eigenvalue weighted by molar-refractivity contribution is 6.29. The predicted octanol–water partition coefficient (Wildman–Crippen LogP) is 2.78. The van der Waals surface area contributed by atoms with Crippen LogP contribution in [0.4, 0.5) is 0 Å². The molecular weight excluding hydrogens is 326 g/mol. The molecule has 3 rings (SSSR count). The Balaban J connectivity index is 1.54. The normalized spacial score (nSPS) is 17.5. The van der Waals surface area contributed by atoms with Crippen LogP contribution in [0.1, 0.15) is 23.3 Å². The number of fused-ring (bicyclic) bond motifs is 1. The number of hydrogen-bond donors (Lipinski definition) is 0. The van der Waals surface area contributed by atoms with Crippen LogP contribution < -0.4 is 0 Å². The monoisotopic (exact) mass is 347 g/mol. The molecule has 0 fully saturated rings. The summed E-state index contributed by atoms with van der Waals surface area (Å²) in [5.41, 5.74) is 2.77. The molecule has 128 valence electrons. The van der Waals surface area contributed by atoms with E-state index in [2.05, 4.69) is 41.4 Å². The van der Waals surface area contributed by atoms with Gasteiger partial charge in [-0.25, -0.2) is 0 Å². The molecule has 0 aliphatic carbocycles. The molecule has 0 spiro atoms. The summed E-state index contributed by atoms with van der Waals surface area (Å²) in [6.45, 7) is 1.65. The average Bonchev–Trinajstić information content (AvgIpc) is 2.98. The Bertz CT molecular complexity index is 716. The van der Waals surface area contributed by atoms with E-state index in [1.807, 2.05) is 11.9 Å². The van der Waals surface area contributed by atoms with Crippen molar-refractivity contribution in [2.45, 2.75) is 31.8 Å². The van der Waals surface area contributed by atoms with E-state index < -0.39 is 0 Å². The minimum atomic E-state index is 0.106. The third-order valence-corrected chi connectivity index (χ3v) is 4.82. The smallest absolute Gasteiger partial charge is 0.222 e. The maximum atomic E-state index is 12.4. The van der Waals surface area contributed by atoms with Gasteiger partial charge in [0, 0.05) is 45.1 Å².